The molecule has 12 rings (SSSR count). The van der Waals surface area contributed by atoms with Crippen LogP contribution in [0, 0.1) is 3.57 Å². The van der Waals surface area contributed by atoms with Crippen molar-refractivity contribution in [1.29, 1.82) is 0 Å². The van der Waals surface area contributed by atoms with Crippen LogP contribution in [0.4, 0.5) is 51.2 Å². The molecule has 8 heteroatoms. The molecule has 0 aliphatic rings. The van der Waals surface area contributed by atoms with Crippen LogP contribution in [0.5, 0.6) is 0 Å². The smallest absolute Gasteiger partial charge is 0.0647 e. The Labute approximate surface area is 619 Å². The summed E-state index contributed by atoms with van der Waals surface area (Å²) >= 11 is 13.4. The quantitative estimate of drug-likeness (QED) is 0.120. The fourth-order valence-corrected chi connectivity index (χ4v) is 15.1. The van der Waals surface area contributed by atoms with Crippen LogP contribution in [0.15, 0.2) is 250 Å². The number of hydrogen-bond acceptors (Lipinski definition) is 5. The van der Waals surface area contributed by atoms with Crippen molar-refractivity contribution < 1.29 is 0 Å². The number of anilines is 9. The number of halogens is 3. The van der Waals surface area contributed by atoms with E-state index in [1.807, 2.05) is 11.3 Å². The van der Waals surface area contributed by atoms with Gasteiger partial charge >= 0.3 is 0 Å². The highest BCUT2D eigenvalue weighted by atomic mass is 127. The van der Waals surface area contributed by atoms with Crippen molar-refractivity contribution in [2.24, 2.45) is 0 Å². The average Bonchev–Trinajstić information content (AvgIpc) is 1.77. The molecule has 0 aliphatic heterocycles. The zero-order valence-electron chi connectivity index (χ0n) is 60.1. The number of nitrogens with zero attached hydrogens (tertiary/aromatic N) is 3. The molecule has 0 saturated carbocycles. The van der Waals surface area contributed by atoms with Crippen molar-refractivity contribution in [2.45, 2.75) is 164 Å². The zero-order chi connectivity index (χ0) is 70.0. The number of thiophene rings is 2. The van der Waals surface area contributed by atoms with E-state index in [-0.39, 0.29) is 32.5 Å². The van der Waals surface area contributed by atoms with E-state index < -0.39 is 0 Å². The molecule has 0 spiro atoms. The Morgan fingerprint density at radius 1 is 0.289 bits per heavy atom. The Bertz CT molecular complexity index is 4630. The van der Waals surface area contributed by atoms with Crippen molar-refractivity contribution >= 4 is 148 Å². The first-order chi connectivity index (χ1) is 45.6. The summed E-state index contributed by atoms with van der Waals surface area (Å²) in [6.45, 7) is 40.7. The minimum absolute atomic E-state index is 0.0481. The molecule has 10 aromatic carbocycles. The Morgan fingerprint density at radius 2 is 0.619 bits per heavy atom. The van der Waals surface area contributed by atoms with Gasteiger partial charge in [0.2, 0.25) is 0 Å². The van der Waals surface area contributed by atoms with Crippen LogP contribution in [-0.2, 0) is 38.9 Å². The van der Waals surface area contributed by atoms with E-state index in [4.69, 9.17) is 0 Å². The molecule has 0 radical (unpaired) electrons. The molecule has 2 aromatic heterocycles. The van der Waals surface area contributed by atoms with Gasteiger partial charge in [0.15, 0.2) is 0 Å². The highest BCUT2D eigenvalue weighted by Gasteiger charge is 2.26. The largest absolute Gasteiger partial charge is 0.309 e. The second kappa shape index (κ2) is 29.6. The van der Waals surface area contributed by atoms with Crippen molar-refractivity contribution in [3.05, 3.63) is 298 Å². The minimum atomic E-state index is 0.0481. The molecule has 12 aromatic rings. The van der Waals surface area contributed by atoms with Gasteiger partial charge in [-0.25, -0.2) is 0 Å². The van der Waals surface area contributed by atoms with E-state index in [1.165, 1.54) is 95.5 Å². The number of hydrogen-bond donors (Lipinski definition) is 0. The molecule has 3 nitrogen and oxygen atoms in total. The van der Waals surface area contributed by atoms with Crippen molar-refractivity contribution in [3.63, 3.8) is 0 Å². The molecule has 0 unspecified atom stereocenters. The van der Waals surface area contributed by atoms with Gasteiger partial charge in [0.05, 0.1) is 17.1 Å². The van der Waals surface area contributed by atoms with Gasteiger partial charge in [0.1, 0.15) is 0 Å². The lowest BCUT2D eigenvalue weighted by Crippen LogP contribution is -2.16. The summed E-state index contributed by atoms with van der Waals surface area (Å²) < 4.78 is 6.11. The molecule has 500 valence electrons. The maximum atomic E-state index is 4.00. The summed E-state index contributed by atoms with van der Waals surface area (Å²) in [5.74, 6) is 0. The van der Waals surface area contributed by atoms with Crippen LogP contribution < -0.4 is 14.7 Å². The summed E-state index contributed by atoms with van der Waals surface area (Å²) in [6, 6.07) is 85.0. The van der Waals surface area contributed by atoms with E-state index in [0.717, 1.165) is 39.3 Å². The van der Waals surface area contributed by atoms with Crippen LogP contribution in [-0.4, -0.2) is 0 Å². The SMILES string of the molecule is CC(C)(C)c1ccc(Cc2cccc(N(c3ccc(C(C)(C)C)cc3)c3csc4ccccc34)c2)cc1.CC(C)(C)c1ccc(I)c(Br)c1.CC(C)(C)c1ccc(N(c2cccc(N(c3ccc(C(C)(C)C)cc3)c3csc4ccccc34)c2)c2ccc(C(C)(C)C)cc2Br)cc1. The van der Waals surface area contributed by atoms with Crippen LogP contribution in [0.3, 0.4) is 0 Å². The van der Waals surface area contributed by atoms with E-state index in [1.54, 1.807) is 11.3 Å². The van der Waals surface area contributed by atoms with Gasteiger partial charge in [-0.3, -0.25) is 0 Å². The molecule has 0 aliphatic carbocycles. The highest BCUT2D eigenvalue weighted by Crippen LogP contribution is 2.48. The maximum absolute atomic E-state index is 4.00. The Hall–Kier alpha value is -6.79. The van der Waals surface area contributed by atoms with Gasteiger partial charge in [-0.05, 0) is 241 Å². The molecule has 0 amide bonds. The summed E-state index contributed by atoms with van der Waals surface area (Å²) in [7, 11) is 0. The number of fused-ring (bicyclic) bond motifs is 2. The fraction of sp³-hybridized carbons (Fsp3) is 0.281. The van der Waals surface area contributed by atoms with Crippen molar-refractivity contribution in [2.75, 3.05) is 14.7 Å². The van der Waals surface area contributed by atoms with Crippen LogP contribution in [0.1, 0.15) is 169 Å². The lowest BCUT2D eigenvalue weighted by atomic mass is 9.86. The Morgan fingerprint density at radius 3 is 1.00 bits per heavy atom. The summed E-state index contributed by atoms with van der Waals surface area (Å²) in [5.41, 5.74) is 21.8. The maximum Gasteiger partial charge on any atom is 0.0647 e. The van der Waals surface area contributed by atoms with E-state index in [2.05, 4.69) is 435 Å². The molecular formula is C89H96Br2IN3S2. The van der Waals surface area contributed by atoms with E-state index in [9.17, 15) is 0 Å². The second-order valence-electron chi connectivity index (χ2n) is 31.7. The van der Waals surface area contributed by atoms with Gasteiger partial charge in [-0.15, -0.1) is 22.7 Å². The van der Waals surface area contributed by atoms with Gasteiger partial charge in [-0.2, -0.15) is 0 Å². The number of benzene rings is 10. The van der Waals surface area contributed by atoms with Crippen LogP contribution in [0.25, 0.3) is 20.2 Å². The molecule has 0 saturated heterocycles. The Balaban J connectivity index is 0.000000184. The first-order valence-corrected chi connectivity index (χ1v) is 38.2. The highest BCUT2D eigenvalue weighted by molar-refractivity contribution is 14.1. The van der Waals surface area contributed by atoms with E-state index in [0.29, 0.717) is 0 Å². The molecule has 0 fully saturated rings. The molecular weight excluding hydrogens is 1460 g/mol. The van der Waals surface area contributed by atoms with Gasteiger partial charge in [-0.1, -0.05) is 252 Å². The van der Waals surface area contributed by atoms with Crippen LogP contribution >= 0.6 is 77.1 Å². The Kier molecular flexibility index (Phi) is 22.2. The third-order valence-electron chi connectivity index (χ3n) is 18.0. The first-order valence-electron chi connectivity index (χ1n) is 33.8. The molecule has 0 bridgehead atoms. The molecule has 0 atom stereocenters. The standard InChI is InChI=1S/C44H47BrN2S.C35H37NS.C10H12BrI/c1-42(2,3)30-17-22-33(23-18-30)46(39-26-21-32(27-38(39)45)44(7,8)9)35-13-12-14-36(28-35)47(34-24-19-31(20-25-34)43(4,5)6)40-29-48-41-16-11-10-15-37(40)41;1-34(2,3)27-16-14-25(15-17-27)22-26-10-9-11-30(23-26)36(29-20-18-28(19-21-29)35(4,5)6)32-24-37-33-13-8-7-12-31(32)33;1-10(2,3)7-4-5-9(12)8(11)6-7/h10-29H,1-9H3;7-21,23-24H,22H2,1-6H3;4-6H,1-3H3. The van der Waals surface area contributed by atoms with Crippen LogP contribution in [0.2, 0.25) is 0 Å². The van der Waals surface area contributed by atoms with E-state index >= 15 is 0 Å². The van der Waals surface area contributed by atoms with Crippen molar-refractivity contribution in [3.8, 4) is 0 Å². The number of rotatable bonds is 11. The average molecular weight is 1560 g/mol. The topological polar surface area (TPSA) is 9.72 Å². The third-order valence-corrected chi connectivity index (χ3v) is 22.8. The zero-order valence-corrected chi connectivity index (χ0v) is 67.1. The monoisotopic (exact) mass is 1560 g/mol. The predicted octanol–water partition coefficient (Wildman–Crippen LogP) is 29.4. The summed E-state index contributed by atoms with van der Waals surface area (Å²) in [6.07, 6.45) is 0.916. The van der Waals surface area contributed by atoms with Crippen molar-refractivity contribution in [1.82, 2.24) is 0 Å². The normalized spacial score (nSPS) is 12.2. The summed E-state index contributed by atoms with van der Waals surface area (Å²) in [4.78, 5) is 7.20. The van der Waals surface area contributed by atoms with Gasteiger partial charge in [0, 0.05) is 77.6 Å². The minimum Gasteiger partial charge on any atom is -0.309 e. The summed E-state index contributed by atoms with van der Waals surface area (Å²) in [5, 5.41) is 7.12. The lowest BCUT2D eigenvalue weighted by Gasteiger charge is -2.31. The fourth-order valence-electron chi connectivity index (χ4n) is 11.9. The second-order valence-corrected chi connectivity index (χ2v) is 36.4. The molecule has 0 N–H and O–H groups in total. The first kappa shape index (κ1) is 72.9. The van der Waals surface area contributed by atoms with Gasteiger partial charge < -0.3 is 14.7 Å². The van der Waals surface area contributed by atoms with Gasteiger partial charge in [0.25, 0.3) is 0 Å². The molecule has 97 heavy (non-hydrogen) atoms. The predicted molar refractivity (Wildman–Crippen MR) is 444 cm³/mol. The lowest BCUT2D eigenvalue weighted by molar-refractivity contribution is 0.589. The molecule has 2 heterocycles. The third kappa shape index (κ3) is 17.8.